The van der Waals surface area contributed by atoms with Gasteiger partial charge in [-0.1, -0.05) is 6.92 Å². The molecular weight excluding hydrogens is 152 g/mol. The van der Waals surface area contributed by atoms with Crippen LogP contribution >= 0.6 is 0 Å². The smallest absolute Gasteiger partial charge is 0.219 e. The summed E-state index contributed by atoms with van der Waals surface area (Å²) >= 11 is 0. The quantitative estimate of drug-likeness (QED) is 0.671. The van der Waals surface area contributed by atoms with Gasteiger partial charge in [0, 0.05) is 31.8 Å². The van der Waals surface area contributed by atoms with Crippen molar-refractivity contribution in [2.24, 2.45) is 4.99 Å². The lowest BCUT2D eigenvalue weighted by Gasteiger charge is -2.02. The van der Waals surface area contributed by atoms with Crippen LogP contribution in [0.5, 0.6) is 0 Å². The predicted octanol–water partition coefficient (Wildman–Crippen LogP) is 1.26. The Morgan fingerprint density at radius 1 is 1.75 bits per heavy atom. The van der Waals surface area contributed by atoms with Crippen LogP contribution in [0.15, 0.2) is 16.8 Å². The van der Waals surface area contributed by atoms with E-state index in [4.69, 9.17) is 0 Å². The zero-order valence-electron chi connectivity index (χ0n) is 7.34. The molecule has 0 fully saturated rings. The summed E-state index contributed by atoms with van der Waals surface area (Å²) in [6.45, 7) is 2.59. The lowest BCUT2D eigenvalue weighted by Crippen LogP contribution is -2.23. The highest BCUT2D eigenvalue weighted by Gasteiger charge is 2.01. The maximum absolute atomic E-state index is 10.8. The fourth-order valence-electron chi connectivity index (χ4n) is 1.03. The number of nitrogens with zero attached hydrogens (tertiary/aromatic N) is 1. The number of carbonyl (C=O) groups excluding carboxylic acids is 1. The first-order chi connectivity index (χ1) is 5.83. The van der Waals surface area contributed by atoms with Crippen LogP contribution in [-0.2, 0) is 4.79 Å². The van der Waals surface area contributed by atoms with Gasteiger partial charge in [-0.2, -0.15) is 0 Å². The molecule has 0 atom stereocenters. The van der Waals surface area contributed by atoms with E-state index < -0.39 is 0 Å². The minimum Gasteiger partial charge on any atom is -0.356 e. The standard InChI is InChI=1S/C9H14N2O/c1-2-9(12)11-6-4-8-3-5-10-7-8/h5,7H,2-4,6H2,1H3,(H,11,12). The van der Waals surface area contributed by atoms with Crippen molar-refractivity contribution in [3.8, 4) is 0 Å². The second-order valence-corrected chi connectivity index (χ2v) is 2.78. The number of nitrogens with one attached hydrogen (secondary N) is 1. The second-order valence-electron chi connectivity index (χ2n) is 2.78. The van der Waals surface area contributed by atoms with Crippen molar-refractivity contribution < 1.29 is 4.79 Å². The molecule has 0 bridgehead atoms. The summed E-state index contributed by atoms with van der Waals surface area (Å²) in [6, 6.07) is 0. The molecule has 1 heterocycles. The maximum atomic E-state index is 10.8. The van der Waals surface area contributed by atoms with Crippen LogP contribution in [-0.4, -0.2) is 18.7 Å². The van der Waals surface area contributed by atoms with Crippen molar-refractivity contribution in [3.05, 3.63) is 11.8 Å². The third-order valence-corrected chi connectivity index (χ3v) is 1.81. The number of amides is 1. The third-order valence-electron chi connectivity index (χ3n) is 1.81. The Morgan fingerprint density at radius 2 is 2.58 bits per heavy atom. The van der Waals surface area contributed by atoms with Crippen LogP contribution in [0.1, 0.15) is 26.2 Å². The van der Waals surface area contributed by atoms with Crippen LogP contribution in [0.3, 0.4) is 0 Å². The Balaban J connectivity index is 2.06. The van der Waals surface area contributed by atoms with Gasteiger partial charge in [0.05, 0.1) is 0 Å². The molecule has 0 aliphatic carbocycles. The second kappa shape index (κ2) is 4.70. The first-order valence-electron chi connectivity index (χ1n) is 4.29. The summed E-state index contributed by atoms with van der Waals surface area (Å²) in [5.74, 6) is 0.120. The molecule has 0 unspecified atom stereocenters. The number of rotatable bonds is 4. The van der Waals surface area contributed by atoms with E-state index in [1.54, 1.807) is 0 Å². The molecule has 12 heavy (non-hydrogen) atoms. The topological polar surface area (TPSA) is 41.5 Å². The van der Waals surface area contributed by atoms with Crippen molar-refractivity contribution in [1.29, 1.82) is 0 Å². The van der Waals surface area contributed by atoms with Crippen molar-refractivity contribution in [1.82, 2.24) is 5.32 Å². The minimum absolute atomic E-state index is 0.120. The molecule has 0 radical (unpaired) electrons. The minimum atomic E-state index is 0.120. The molecule has 0 aromatic carbocycles. The molecule has 3 nitrogen and oxygen atoms in total. The molecule has 0 saturated heterocycles. The average Bonchev–Trinajstić information content (AvgIpc) is 2.57. The van der Waals surface area contributed by atoms with Gasteiger partial charge >= 0.3 is 0 Å². The van der Waals surface area contributed by atoms with Crippen LogP contribution < -0.4 is 5.32 Å². The number of hydrogen-bond acceptors (Lipinski definition) is 2. The summed E-state index contributed by atoms with van der Waals surface area (Å²) in [7, 11) is 0. The van der Waals surface area contributed by atoms with E-state index in [-0.39, 0.29) is 5.91 Å². The predicted molar refractivity (Wildman–Crippen MR) is 49.1 cm³/mol. The van der Waals surface area contributed by atoms with Gasteiger partial charge < -0.3 is 5.32 Å². The normalized spacial score (nSPS) is 14.6. The Kier molecular flexibility index (Phi) is 3.51. The largest absolute Gasteiger partial charge is 0.356 e. The van der Waals surface area contributed by atoms with Crippen LogP contribution in [0.25, 0.3) is 0 Å². The van der Waals surface area contributed by atoms with E-state index >= 15 is 0 Å². The summed E-state index contributed by atoms with van der Waals surface area (Å²) in [5, 5.41) is 2.82. The lowest BCUT2D eigenvalue weighted by molar-refractivity contribution is -0.120. The van der Waals surface area contributed by atoms with Gasteiger partial charge in [0.25, 0.3) is 0 Å². The Labute approximate surface area is 72.6 Å². The van der Waals surface area contributed by atoms with Gasteiger partial charge in [-0.25, -0.2) is 0 Å². The Hall–Kier alpha value is -1.12. The molecule has 3 heteroatoms. The molecular formula is C9H14N2O. The fourth-order valence-corrected chi connectivity index (χ4v) is 1.03. The molecule has 66 valence electrons. The lowest BCUT2D eigenvalue weighted by atomic mass is 10.2. The molecule has 1 rings (SSSR count). The molecule has 0 aromatic heterocycles. The van der Waals surface area contributed by atoms with Gasteiger partial charge in [-0.3, -0.25) is 9.79 Å². The van der Waals surface area contributed by atoms with Gasteiger partial charge in [0.2, 0.25) is 5.91 Å². The van der Waals surface area contributed by atoms with E-state index in [1.807, 2.05) is 19.3 Å². The average molecular weight is 166 g/mol. The van der Waals surface area contributed by atoms with E-state index in [1.165, 1.54) is 5.57 Å². The number of aliphatic imine (C=N–C) groups is 1. The van der Waals surface area contributed by atoms with E-state index in [0.29, 0.717) is 6.42 Å². The highest BCUT2D eigenvalue weighted by atomic mass is 16.1. The highest BCUT2D eigenvalue weighted by molar-refractivity contribution is 5.75. The van der Waals surface area contributed by atoms with E-state index in [0.717, 1.165) is 19.4 Å². The molecule has 0 spiro atoms. The van der Waals surface area contributed by atoms with Crippen LogP contribution in [0, 0.1) is 0 Å². The van der Waals surface area contributed by atoms with Gasteiger partial charge in [0.1, 0.15) is 0 Å². The maximum Gasteiger partial charge on any atom is 0.219 e. The molecule has 1 aliphatic heterocycles. The molecule has 0 aromatic rings. The summed E-state index contributed by atoms with van der Waals surface area (Å²) < 4.78 is 0. The zero-order valence-corrected chi connectivity index (χ0v) is 7.34. The third kappa shape index (κ3) is 2.86. The monoisotopic (exact) mass is 166 g/mol. The summed E-state index contributed by atoms with van der Waals surface area (Å²) in [4.78, 5) is 14.8. The number of carbonyl (C=O) groups is 1. The molecule has 1 aliphatic rings. The van der Waals surface area contributed by atoms with E-state index in [2.05, 4.69) is 10.3 Å². The van der Waals surface area contributed by atoms with Crippen LogP contribution in [0.2, 0.25) is 0 Å². The zero-order chi connectivity index (χ0) is 8.81. The van der Waals surface area contributed by atoms with Crippen molar-refractivity contribution >= 4 is 12.1 Å². The SMILES string of the molecule is CCC(=O)NCCC1=CN=CC1. The first kappa shape index (κ1) is 8.97. The van der Waals surface area contributed by atoms with Crippen molar-refractivity contribution in [3.63, 3.8) is 0 Å². The van der Waals surface area contributed by atoms with Gasteiger partial charge in [0.15, 0.2) is 0 Å². The molecule has 1 N–H and O–H groups in total. The fraction of sp³-hybridized carbons (Fsp3) is 0.556. The first-order valence-corrected chi connectivity index (χ1v) is 4.29. The molecule has 0 saturated carbocycles. The highest BCUT2D eigenvalue weighted by Crippen LogP contribution is 2.09. The van der Waals surface area contributed by atoms with Gasteiger partial charge in [-0.15, -0.1) is 0 Å². The Bertz CT molecular complexity index is 219. The van der Waals surface area contributed by atoms with E-state index in [9.17, 15) is 4.79 Å². The number of hydrogen-bond donors (Lipinski definition) is 1. The van der Waals surface area contributed by atoms with Crippen LogP contribution in [0.4, 0.5) is 0 Å². The summed E-state index contributed by atoms with van der Waals surface area (Å²) in [6.07, 6.45) is 6.19. The van der Waals surface area contributed by atoms with Crippen molar-refractivity contribution in [2.45, 2.75) is 26.2 Å². The van der Waals surface area contributed by atoms with Gasteiger partial charge in [-0.05, 0) is 12.0 Å². The van der Waals surface area contributed by atoms with Crippen molar-refractivity contribution in [2.75, 3.05) is 6.54 Å². The summed E-state index contributed by atoms with van der Waals surface area (Å²) in [5.41, 5.74) is 1.30. The molecule has 1 amide bonds. The Morgan fingerprint density at radius 3 is 3.17 bits per heavy atom.